The molecule has 1 aromatic carbocycles. The van der Waals surface area contributed by atoms with E-state index in [2.05, 4.69) is 15.9 Å². The molecular weight excluding hydrogens is 232 g/mol. The van der Waals surface area contributed by atoms with Crippen LogP contribution in [-0.2, 0) is 0 Å². The molecule has 0 radical (unpaired) electrons. The van der Waals surface area contributed by atoms with E-state index in [1.165, 1.54) is 0 Å². The van der Waals surface area contributed by atoms with Crippen LogP contribution in [0.15, 0.2) is 22.7 Å². The molecule has 68 valence electrons. The van der Waals surface area contributed by atoms with Crippen molar-refractivity contribution in [2.24, 2.45) is 5.73 Å². The standard InChI is InChI=1S/C9H9BrN2O/c1-13-6-2-3-8(10)7(4-6)9(12)5-11/h2-4,9H,12H2,1H3. The molecule has 1 atom stereocenters. The Hall–Kier alpha value is -1.05. The molecule has 1 rings (SSSR count). The van der Waals surface area contributed by atoms with Crippen LogP contribution >= 0.6 is 15.9 Å². The van der Waals surface area contributed by atoms with Gasteiger partial charge >= 0.3 is 0 Å². The third kappa shape index (κ3) is 2.20. The van der Waals surface area contributed by atoms with Gasteiger partial charge in [0.15, 0.2) is 0 Å². The summed E-state index contributed by atoms with van der Waals surface area (Å²) in [5.41, 5.74) is 6.31. The predicted molar refractivity (Wildman–Crippen MR) is 53.2 cm³/mol. The summed E-state index contributed by atoms with van der Waals surface area (Å²) in [6, 6.07) is 6.71. The van der Waals surface area contributed by atoms with Crippen molar-refractivity contribution in [2.45, 2.75) is 6.04 Å². The predicted octanol–water partition coefficient (Wildman–Crippen LogP) is 1.98. The fourth-order valence-electron chi connectivity index (χ4n) is 0.957. The summed E-state index contributed by atoms with van der Waals surface area (Å²) in [5, 5.41) is 8.64. The van der Waals surface area contributed by atoms with Gasteiger partial charge in [-0.05, 0) is 18.2 Å². The zero-order chi connectivity index (χ0) is 9.84. The van der Waals surface area contributed by atoms with Crippen LogP contribution in [0.25, 0.3) is 0 Å². The Morgan fingerprint density at radius 2 is 2.31 bits per heavy atom. The topological polar surface area (TPSA) is 59.0 Å². The SMILES string of the molecule is COc1ccc(Br)c(C(N)C#N)c1. The molecule has 0 heterocycles. The van der Waals surface area contributed by atoms with Crippen LogP contribution in [0.2, 0.25) is 0 Å². The van der Waals surface area contributed by atoms with Gasteiger partial charge in [-0.1, -0.05) is 15.9 Å². The Kier molecular flexibility index (Phi) is 3.29. The average molecular weight is 241 g/mol. The Morgan fingerprint density at radius 3 is 2.85 bits per heavy atom. The minimum absolute atomic E-state index is 0.621. The van der Waals surface area contributed by atoms with Crippen molar-refractivity contribution < 1.29 is 4.74 Å². The lowest BCUT2D eigenvalue weighted by Crippen LogP contribution is -2.08. The first-order chi connectivity index (χ1) is 6.19. The van der Waals surface area contributed by atoms with Crippen molar-refractivity contribution in [1.82, 2.24) is 0 Å². The summed E-state index contributed by atoms with van der Waals surface area (Å²) in [5.74, 6) is 0.698. The van der Waals surface area contributed by atoms with Crippen molar-refractivity contribution in [1.29, 1.82) is 5.26 Å². The molecule has 0 spiro atoms. The molecular formula is C9H9BrN2O. The number of nitriles is 1. The second kappa shape index (κ2) is 4.26. The van der Waals surface area contributed by atoms with E-state index in [-0.39, 0.29) is 0 Å². The van der Waals surface area contributed by atoms with Crippen LogP contribution in [0.1, 0.15) is 11.6 Å². The van der Waals surface area contributed by atoms with Gasteiger partial charge in [-0.15, -0.1) is 0 Å². The molecule has 0 saturated carbocycles. The largest absolute Gasteiger partial charge is 0.497 e. The van der Waals surface area contributed by atoms with Crippen LogP contribution in [-0.4, -0.2) is 7.11 Å². The number of hydrogen-bond donors (Lipinski definition) is 1. The number of hydrogen-bond acceptors (Lipinski definition) is 3. The molecule has 0 aliphatic rings. The lowest BCUT2D eigenvalue weighted by atomic mass is 10.1. The van der Waals surface area contributed by atoms with Crippen LogP contribution in [0.4, 0.5) is 0 Å². The first kappa shape index (κ1) is 10.0. The Morgan fingerprint density at radius 1 is 1.62 bits per heavy atom. The summed E-state index contributed by atoms with van der Waals surface area (Å²) in [4.78, 5) is 0. The molecule has 1 aromatic rings. The van der Waals surface area contributed by atoms with Crippen molar-refractivity contribution in [2.75, 3.05) is 7.11 Å². The Bertz CT molecular complexity index is 346. The highest BCUT2D eigenvalue weighted by molar-refractivity contribution is 9.10. The molecule has 0 amide bonds. The molecule has 2 N–H and O–H groups in total. The second-order valence-corrected chi connectivity index (χ2v) is 3.35. The lowest BCUT2D eigenvalue weighted by Gasteiger charge is -2.08. The molecule has 0 aliphatic carbocycles. The summed E-state index contributed by atoms with van der Waals surface area (Å²) < 4.78 is 5.84. The fraction of sp³-hybridized carbons (Fsp3) is 0.222. The summed E-state index contributed by atoms with van der Waals surface area (Å²) in [6.45, 7) is 0. The van der Waals surface area contributed by atoms with Gasteiger partial charge in [0.1, 0.15) is 11.8 Å². The van der Waals surface area contributed by atoms with Gasteiger partial charge in [0.25, 0.3) is 0 Å². The lowest BCUT2D eigenvalue weighted by molar-refractivity contribution is 0.414. The highest BCUT2D eigenvalue weighted by atomic mass is 79.9. The smallest absolute Gasteiger partial charge is 0.120 e. The normalized spacial score (nSPS) is 11.8. The molecule has 13 heavy (non-hydrogen) atoms. The van der Waals surface area contributed by atoms with E-state index >= 15 is 0 Å². The molecule has 0 bridgehead atoms. The maximum Gasteiger partial charge on any atom is 0.120 e. The maximum absolute atomic E-state index is 8.64. The van der Waals surface area contributed by atoms with E-state index in [1.807, 2.05) is 12.1 Å². The van der Waals surface area contributed by atoms with Crippen molar-refractivity contribution >= 4 is 15.9 Å². The third-order valence-electron chi connectivity index (χ3n) is 1.68. The van der Waals surface area contributed by atoms with Crippen LogP contribution < -0.4 is 10.5 Å². The highest BCUT2D eigenvalue weighted by Gasteiger charge is 2.09. The minimum atomic E-state index is -0.621. The van der Waals surface area contributed by atoms with Gasteiger partial charge in [-0.2, -0.15) is 5.26 Å². The number of rotatable bonds is 2. The van der Waals surface area contributed by atoms with Gasteiger partial charge in [-0.25, -0.2) is 0 Å². The van der Waals surface area contributed by atoms with Gasteiger partial charge in [0.05, 0.1) is 13.2 Å². The second-order valence-electron chi connectivity index (χ2n) is 2.49. The van der Waals surface area contributed by atoms with E-state index in [1.54, 1.807) is 19.2 Å². The molecule has 0 fully saturated rings. The third-order valence-corrected chi connectivity index (χ3v) is 2.40. The van der Waals surface area contributed by atoms with Crippen molar-refractivity contribution in [3.8, 4) is 11.8 Å². The maximum atomic E-state index is 8.64. The van der Waals surface area contributed by atoms with E-state index < -0.39 is 6.04 Å². The molecule has 4 heteroatoms. The molecule has 0 aromatic heterocycles. The fourth-order valence-corrected chi connectivity index (χ4v) is 1.45. The van der Waals surface area contributed by atoms with Crippen LogP contribution in [0.5, 0.6) is 5.75 Å². The molecule has 0 saturated heterocycles. The summed E-state index contributed by atoms with van der Waals surface area (Å²) in [7, 11) is 1.57. The highest BCUT2D eigenvalue weighted by Crippen LogP contribution is 2.26. The van der Waals surface area contributed by atoms with Gasteiger partial charge in [0.2, 0.25) is 0 Å². The average Bonchev–Trinajstić information content (AvgIpc) is 2.17. The monoisotopic (exact) mass is 240 g/mol. The number of nitrogens with zero attached hydrogens (tertiary/aromatic N) is 1. The summed E-state index contributed by atoms with van der Waals surface area (Å²) >= 11 is 3.31. The molecule has 3 nitrogen and oxygen atoms in total. The van der Waals surface area contributed by atoms with Crippen molar-refractivity contribution in [3.05, 3.63) is 28.2 Å². The van der Waals surface area contributed by atoms with Gasteiger partial charge in [-0.3, -0.25) is 0 Å². The summed E-state index contributed by atoms with van der Waals surface area (Å²) in [6.07, 6.45) is 0. The first-order valence-corrected chi connectivity index (χ1v) is 4.47. The van der Waals surface area contributed by atoms with Gasteiger partial charge < -0.3 is 10.5 Å². The van der Waals surface area contributed by atoms with Gasteiger partial charge in [0, 0.05) is 10.0 Å². The van der Waals surface area contributed by atoms with E-state index in [0.717, 1.165) is 10.0 Å². The minimum Gasteiger partial charge on any atom is -0.497 e. The zero-order valence-electron chi connectivity index (χ0n) is 7.12. The Balaban J connectivity index is 3.12. The van der Waals surface area contributed by atoms with E-state index in [0.29, 0.717) is 5.75 Å². The number of ether oxygens (including phenoxy) is 1. The zero-order valence-corrected chi connectivity index (χ0v) is 8.71. The number of methoxy groups -OCH3 is 1. The number of benzene rings is 1. The van der Waals surface area contributed by atoms with E-state index in [4.69, 9.17) is 15.7 Å². The van der Waals surface area contributed by atoms with Crippen LogP contribution in [0, 0.1) is 11.3 Å². The van der Waals surface area contributed by atoms with Crippen molar-refractivity contribution in [3.63, 3.8) is 0 Å². The molecule has 1 unspecified atom stereocenters. The number of nitrogens with two attached hydrogens (primary N) is 1. The Labute approximate surface area is 85.2 Å². The quantitative estimate of drug-likeness (QED) is 0.861. The van der Waals surface area contributed by atoms with Crippen LogP contribution in [0.3, 0.4) is 0 Å². The van der Waals surface area contributed by atoms with E-state index in [9.17, 15) is 0 Å². The number of halogens is 1. The molecule has 0 aliphatic heterocycles. The first-order valence-electron chi connectivity index (χ1n) is 3.67.